The van der Waals surface area contributed by atoms with Crippen molar-refractivity contribution in [3.63, 3.8) is 0 Å². The number of ether oxygens (including phenoxy) is 2. The predicted molar refractivity (Wildman–Crippen MR) is 129 cm³/mol. The van der Waals surface area contributed by atoms with Gasteiger partial charge in [-0.15, -0.1) is 0 Å². The van der Waals surface area contributed by atoms with Crippen LogP contribution in [-0.2, 0) is 39.3 Å². The average molecular weight is 505 g/mol. The Morgan fingerprint density at radius 3 is 1.81 bits per heavy atom. The molecule has 0 amide bonds. The van der Waals surface area contributed by atoms with Gasteiger partial charge in [0.15, 0.2) is 0 Å². The molecule has 1 N–H and O–H groups in total. The third kappa shape index (κ3) is 5.37. The quantitative estimate of drug-likeness (QED) is 0.275. The van der Waals surface area contributed by atoms with Crippen LogP contribution in [0.5, 0.6) is 0 Å². The van der Waals surface area contributed by atoms with Gasteiger partial charge in [0.1, 0.15) is 25.3 Å². The number of esters is 2. The fourth-order valence-corrected chi connectivity index (χ4v) is 4.06. The van der Waals surface area contributed by atoms with Gasteiger partial charge in [-0.05, 0) is 54.2 Å². The van der Waals surface area contributed by atoms with Crippen LogP contribution in [-0.4, -0.2) is 36.4 Å². The molecule has 12 heteroatoms. The van der Waals surface area contributed by atoms with E-state index in [1.165, 1.54) is 11.6 Å². The lowest BCUT2D eigenvalue weighted by Gasteiger charge is -2.28. The van der Waals surface area contributed by atoms with Gasteiger partial charge in [0.2, 0.25) is 5.82 Å². The predicted octanol–water partition coefficient (Wildman–Crippen LogP) is 2.84. The van der Waals surface area contributed by atoms with Crippen molar-refractivity contribution >= 4 is 17.8 Å². The fourth-order valence-electron chi connectivity index (χ4n) is 4.06. The summed E-state index contributed by atoms with van der Waals surface area (Å²) >= 11 is 0. The molecule has 37 heavy (non-hydrogen) atoms. The molecule has 0 atom stereocenters. The van der Waals surface area contributed by atoms with Crippen molar-refractivity contribution in [1.29, 1.82) is 0 Å². The molecule has 0 saturated carbocycles. The number of hydrogen-bond donors (Lipinski definition) is 1. The van der Waals surface area contributed by atoms with Crippen LogP contribution in [0.15, 0.2) is 77.8 Å². The van der Waals surface area contributed by atoms with E-state index in [1.807, 2.05) is 0 Å². The fraction of sp³-hybridized carbons (Fsp3) is 0.240. The molecule has 0 unspecified atom stereocenters. The normalized spacial score (nSPS) is 13.8. The molecule has 1 aliphatic heterocycles. The minimum Gasteiger partial charge on any atom is -0.457 e. The minimum absolute atomic E-state index is 0.0317. The van der Waals surface area contributed by atoms with E-state index in [1.54, 1.807) is 62.9 Å². The molecule has 4 heterocycles. The number of carbonyl (C=O) groups is 2. The Morgan fingerprint density at radius 2 is 1.41 bits per heavy atom. The number of allylic oxidation sites excluding steroid dienone is 2. The van der Waals surface area contributed by atoms with Crippen LogP contribution in [0, 0.1) is 10.1 Å². The summed E-state index contributed by atoms with van der Waals surface area (Å²) in [5.74, 6) is -2.65. The summed E-state index contributed by atoms with van der Waals surface area (Å²) in [5, 5.41) is 14.6. The van der Waals surface area contributed by atoms with E-state index in [9.17, 15) is 19.7 Å². The number of aromatic nitrogens is 4. The van der Waals surface area contributed by atoms with Crippen molar-refractivity contribution in [2.24, 2.45) is 7.05 Å². The second-order valence-corrected chi connectivity index (χ2v) is 8.29. The van der Waals surface area contributed by atoms with Crippen LogP contribution in [0.25, 0.3) is 0 Å². The van der Waals surface area contributed by atoms with E-state index >= 15 is 0 Å². The van der Waals surface area contributed by atoms with Crippen LogP contribution < -0.4 is 5.32 Å². The highest BCUT2D eigenvalue weighted by molar-refractivity contribution is 5.99. The van der Waals surface area contributed by atoms with E-state index in [4.69, 9.17) is 9.47 Å². The van der Waals surface area contributed by atoms with E-state index in [0.717, 1.165) is 17.3 Å². The van der Waals surface area contributed by atoms with Gasteiger partial charge in [-0.2, -0.15) is 0 Å². The van der Waals surface area contributed by atoms with Crippen LogP contribution in [0.4, 0.5) is 5.82 Å². The average Bonchev–Trinajstić information content (AvgIpc) is 3.28. The molecule has 3 aromatic heterocycles. The van der Waals surface area contributed by atoms with Crippen LogP contribution in [0.1, 0.15) is 36.7 Å². The Kier molecular flexibility index (Phi) is 7.37. The number of nitro groups is 1. The van der Waals surface area contributed by atoms with Crippen molar-refractivity contribution in [1.82, 2.24) is 24.8 Å². The largest absolute Gasteiger partial charge is 0.457 e. The molecule has 4 rings (SSSR count). The molecule has 3 aromatic rings. The summed E-state index contributed by atoms with van der Waals surface area (Å²) in [6, 6.07) is 6.83. The summed E-state index contributed by atoms with van der Waals surface area (Å²) in [5.41, 5.74) is 2.49. The minimum atomic E-state index is -1.07. The lowest BCUT2D eigenvalue weighted by Crippen LogP contribution is -2.33. The van der Waals surface area contributed by atoms with Gasteiger partial charge in [-0.3, -0.25) is 9.97 Å². The number of nitrogens with one attached hydrogen (secondary N) is 1. The Bertz CT molecular complexity index is 1320. The van der Waals surface area contributed by atoms with Crippen molar-refractivity contribution in [3.05, 3.63) is 105 Å². The second kappa shape index (κ2) is 10.8. The van der Waals surface area contributed by atoms with E-state index in [0.29, 0.717) is 11.4 Å². The number of pyridine rings is 2. The maximum Gasteiger partial charge on any atom is 0.342 e. The number of rotatable bonds is 8. The first kappa shape index (κ1) is 25.2. The monoisotopic (exact) mass is 504 g/mol. The zero-order valence-electron chi connectivity index (χ0n) is 20.4. The summed E-state index contributed by atoms with van der Waals surface area (Å²) < 4.78 is 12.4. The molecule has 0 saturated heterocycles. The van der Waals surface area contributed by atoms with E-state index < -0.39 is 22.8 Å². The number of hydrogen-bond acceptors (Lipinski definition) is 10. The first-order chi connectivity index (χ1) is 17.8. The number of nitrogens with zero attached hydrogens (tertiary/aromatic N) is 5. The molecule has 1 aliphatic rings. The van der Waals surface area contributed by atoms with Crippen LogP contribution >= 0.6 is 0 Å². The molecule has 0 aliphatic carbocycles. The van der Waals surface area contributed by atoms with Gasteiger partial charge in [-0.25, -0.2) is 19.1 Å². The molecule has 0 radical (unpaired) electrons. The Balaban J connectivity index is 1.71. The highest BCUT2D eigenvalue weighted by Crippen LogP contribution is 2.39. The molecule has 0 aromatic carbocycles. The number of imidazole rings is 1. The number of carbonyl (C=O) groups excluding carboxylic acids is 2. The molecule has 190 valence electrons. The summed E-state index contributed by atoms with van der Waals surface area (Å²) in [6.07, 6.45) is 7.40. The van der Waals surface area contributed by atoms with Crippen molar-refractivity contribution < 1.29 is 24.0 Å². The van der Waals surface area contributed by atoms with Gasteiger partial charge >= 0.3 is 17.8 Å². The standard InChI is InChI=1S/C25H24N6O6/c1-15-20(24(32)36-13-17-4-8-26-9-5-17)22(23-28-12-19(30(23)3)31(34)35)21(16(2)29-15)25(33)37-14-18-6-10-27-11-7-18/h4-12,22,29H,13-14H2,1-3H3. The molecule has 0 spiro atoms. The number of dihydropyridines is 1. The Labute approximate surface area is 211 Å². The van der Waals surface area contributed by atoms with Gasteiger partial charge in [0.25, 0.3) is 0 Å². The van der Waals surface area contributed by atoms with E-state index in [-0.39, 0.29) is 36.0 Å². The molecule has 0 bridgehead atoms. The zero-order valence-corrected chi connectivity index (χ0v) is 20.4. The summed E-state index contributed by atoms with van der Waals surface area (Å²) in [7, 11) is 1.45. The Morgan fingerprint density at radius 1 is 0.946 bits per heavy atom. The molecule has 12 nitrogen and oxygen atoms in total. The van der Waals surface area contributed by atoms with Gasteiger partial charge in [-0.1, -0.05) is 0 Å². The molecule has 0 fully saturated rings. The SMILES string of the molecule is CC1=C(C(=O)OCc2ccncc2)C(c2ncc([N+](=O)[O-])n2C)C(C(=O)OCc2ccncc2)=C(C)N1. The van der Waals surface area contributed by atoms with Crippen molar-refractivity contribution in [3.8, 4) is 0 Å². The first-order valence-electron chi connectivity index (χ1n) is 11.2. The maximum atomic E-state index is 13.4. The third-order valence-electron chi connectivity index (χ3n) is 5.88. The highest BCUT2D eigenvalue weighted by Gasteiger charge is 2.42. The van der Waals surface area contributed by atoms with Crippen LogP contribution in [0.3, 0.4) is 0 Å². The topological polar surface area (TPSA) is 151 Å². The summed E-state index contributed by atoms with van der Waals surface area (Å²) in [6.45, 7) is 3.26. The second-order valence-electron chi connectivity index (χ2n) is 8.29. The third-order valence-corrected chi connectivity index (χ3v) is 5.88. The zero-order chi connectivity index (χ0) is 26.5. The first-order valence-corrected chi connectivity index (χ1v) is 11.2. The van der Waals surface area contributed by atoms with Crippen molar-refractivity contribution in [2.75, 3.05) is 0 Å². The molecular formula is C25H24N6O6. The van der Waals surface area contributed by atoms with Gasteiger partial charge < -0.3 is 24.9 Å². The van der Waals surface area contributed by atoms with Gasteiger partial charge in [0, 0.05) is 36.2 Å². The highest BCUT2D eigenvalue weighted by atomic mass is 16.6. The lowest BCUT2D eigenvalue weighted by atomic mass is 9.84. The Hall–Kier alpha value is -4.87. The summed E-state index contributed by atoms with van der Waals surface area (Å²) in [4.78, 5) is 49.8. The smallest absolute Gasteiger partial charge is 0.342 e. The van der Waals surface area contributed by atoms with Crippen molar-refractivity contribution in [2.45, 2.75) is 33.0 Å². The lowest BCUT2D eigenvalue weighted by molar-refractivity contribution is -0.391. The molecular weight excluding hydrogens is 480 g/mol. The van der Waals surface area contributed by atoms with E-state index in [2.05, 4.69) is 20.3 Å². The van der Waals surface area contributed by atoms with Crippen LogP contribution in [0.2, 0.25) is 0 Å². The van der Waals surface area contributed by atoms with Gasteiger partial charge in [0.05, 0.1) is 18.2 Å². The maximum absolute atomic E-state index is 13.4.